The molecular weight excluding hydrogens is 442 g/mol. The Morgan fingerprint density at radius 1 is 0.933 bits per heavy atom. The summed E-state index contributed by atoms with van der Waals surface area (Å²) in [6.07, 6.45) is 1.74. The van der Waals surface area contributed by atoms with Crippen molar-refractivity contribution >= 4 is 38.6 Å². The van der Waals surface area contributed by atoms with Crippen LogP contribution in [-0.4, -0.2) is 36.0 Å². The predicted octanol–water partition coefficient (Wildman–Crippen LogP) is 4.71. The molecule has 2 N–H and O–H groups in total. The van der Waals surface area contributed by atoms with Gasteiger partial charge in [-0.2, -0.15) is 0 Å². The highest BCUT2D eigenvalue weighted by Crippen LogP contribution is 2.22. The minimum atomic E-state index is -0.428. The number of rotatable bonds is 4. The van der Waals surface area contributed by atoms with E-state index in [1.165, 1.54) is 16.3 Å². The zero-order valence-electron chi connectivity index (χ0n) is 16.6. The SMILES string of the molecule is O=C(NC(=O)c1ccccc1)NC1CCN(Cc2ccc3cc(Br)ccc3c2)CC1. The van der Waals surface area contributed by atoms with E-state index >= 15 is 0 Å². The lowest BCUT2D eigenvalue weighted by molar-refractivity contribution is 0.0961. The second kappa shape index (κ2) is 9.41. The molecule has 6 heteroatoms. The van der Waals surface area contributed by atoms with Crippen LogP contribution in [0.15, 0.2) is 71.2 Å². The monoisotopic (exact) mass is 465 g/mol. The minimum Gasteiger partial charge on any atom is -0.335 e. The van der Waals surface area contributed by atoms with Gasteiger partial charge in [0.05, 0.1) is 0 Å². The molecule has 4 rings (SSSR count). The smallest absolute Gasteiger partial charge is 0.321 e. The highest BCUT2D eigenvalue weighted by atomic mass is 79.9. The number of imide groups is 1. The molecule has 0 radical (unpaired) electrons. The number of amides is 3. The summed E-state index contributed by atoms with van der Waals surface area (Å²) >= 11 is 3.52. The van der Waals surface area contributed by atoms with E-state index in [1.54, 1.807) is 24.3 Å². The third-order valence-electron chi connectivity index (χ3n) is 5.46. The Morgan fingerprint density at radius 2 is 1.63 bits per heavy atom. The van der Waals surface area contributed by atoms with Crippen molar-refractivity contribution < 1.29 is 9.59 Å². The van der Waals surface area contributed by atoms with Crippen LogP contribution in [0.5, 0.6) is 0 Å². The van der Waals surface area contributed by atoms with Crippen LogP contribution in [0.3, 0.4) is 0 Å². The van der Waals surface area contributed by atoms with Crippen LogP contribution >= 0.6 is 15.9 Å². The molecule has 3 aromatic rings. The predicted molar refractivity (Wildman–Crippen MR) is 122 cm³/mol. The van der Waals surface area contributed by atoms with Crippen LogP contribution in [0.4, 0.5) is 4.79 Å². The molecule has 0 unspecified atom stereocenters. The van der Waals surface area contributed by atoms with Crippen molar-refractivity contribution in [2.24, 2.45) is 0 Å². The van der Waals surface area contributed by atoms with Crippen LogP contribution in [0, 0.1) is 0 Å². The number of halogens is 1. The highest BCUT2D eigenvalue weighted by molar-refractivity contribution is 9.10. The number of likely N-dealkylation sites (tertiary alicyclic amines) is 1. The molecular formula is C24H24BrN3O2. The molecule has 1 heterocycles. The Balaban J connectivity index is 1.25. The number of nitrogens with zero attached hydrogens (tertiary/aromatic N) is 1. The van der Waals surface area contributed by atoms with Gasteiger partial charge in [-0.1, -0.05) is 52.3 Å². The van der Waals surface area contributed by atoms with Crippen LogP contribution in [0.1, 0.15) is 28.8 Å². The topological polar surface area (TPSA) is 61.4 Å². The molecule has 0 aromatic heterocycles. The molecule has 3 aromatic carbocycles. The average molecular weight is 466 g/mol. The molecule has 1 fully saturated rings. The van der Waals surface area contributed by atoms with Crippen molar-refractivity contribution in [2.75, 3.05) is 13.1 Å². The number of nitrogens with one attached hydrogen (secondary N) is 2. The summed E-state index contributed by atoms with van der Waals surface area (Å²) in [5.41, 5.74) is 1.77. The molecule has 0 atom stereocenters. The number of hydrogen-bond acceptors (Lipinski definition) is 3. The van der Waals surface area contributed by atoms with Gasteiger partial charge < -0.3 is 5.32 Å². The van der Waals surface area contributed by atoms with Gasteiger partial charge in [-0.25, -0.2) is 4.79 Å². The summed E-state index contributed by atoms with van der Waals surface area (Å²) in [7, 11) is 0. The van der Waals surface area contributed by atoms with E-state index in [0.717, 1.165) is 36.9 Å². The summed E-state index contributed by atoms with van der Waals surface area (Å²) in [5.74, 6) is -0.381. The van der Waals surface area contributed by atoms with Crippen LogP contribution in [-0.2, 0) is 6.54 Å². The Bertz CT molecular complexity index is 1050. The molecule has 30 heavy (non-hydrogen) atoms. The Morgan fingerprint density at radius 3 is 2.40 bits per heavy atom. The Labute approximate surface area is 184 Å². The second-order valence-corrected chi connectivity index (χ2v) is 8.59. The second-order valence-electron chi connectivity index (χ2n) is 7.67. The Hall–Kier alpha value is -2.70. The van der Waals surface area contributed by atoms with Crippen molar-refractivity contribution in [3.8, 4) is 0 Å². The summed E-state index contributed by atoms with van der Waals surface area (Å²) in [6, 6.07) is 21.3. The number of benzene rings is 3. The quantitative estimate of drug-likeness (QED) is 0.586. The highest BCUT2D eigenvalue weighted by Gasteiger charge is 2.21. The van der Waals surface area contributed by atoms with Gasteiger partial charge in [-0.15, -0.1) is 0 Å². The maximum absolute atomic E-state index is 12.2. The summed E-state index contributed by atoms with van der Waals surface area (Å²) < 4.78 is 1.09. The molecule has 1 aliphatic rings. The van der Waals surface area contributed by atoms with E-state index in [0.29, 0.717) is 5.56 Å². The zero-order chi connectivity index (χ0) is 20.9. The standard InChI is InChI=1S/C24H24BrN3O2/c25-21-9-8-19-14-17(6-7-20(19)15-21)16-28-12-10-22(11-13-28)26-24(30)27-23(29)18-4-2-1-3-5-18/h1-9,14-15,22H,10-13,16H2,(H2,26,27,29,30). The van der Waals surface area contributed by atoms with Gasteiger partial charge in [0, 0.05) is 35.7 Å². The third kappa shape index (κ3) is 5.26. The van der Waals surface area contributed by atoms with Crippen molar-refractivity contribution in [3.63, 3.8) is 0 Å². The van der Waals surface area contributed by atoms with E-state index < -0.39 is 6.03 Å². The summed E-state index contributed by atoms with van der Waals surface area (Å²) in [6.45, 7) is 2.73. The number of hydrogen-bond donors (Lipinski definition) is 2. The van der Waals surface area contributed by atoms with E-state index in [2.05, 4.69) is 67.9 Å². The summed E-state index contributed by atoms with van der Waals surface area (Å²) in [4.78, 5) is 26.6. The van der Waals surface area contributed by atoms with E-state index in [9.17, 15) is 9.59 Å². The first-order chi connectivity index (χ1) is 14.6. The number of fused-ring (bicyclic) bond motifs is 1. The van der Waals surface area contributed by atoms with Gasteiger partial charge in [0.25, 0.3) is 5.91 Å². The van der Waals surface area contributed by atoms with Gasteiger partial charge in [-0.05, 0) is 59.5 Å². The van der Waals surface area contributed by atoms with E-state index in [1.807, 2.05) is 6.07 Å². The molecule has 1 aliphatic heterocycles. The van der Waals surface area contributed by atoms with Crippen molar-refractivity contribution in [3.05, 3.63) is 82.3 Å². The summed E-state index contributed by atoms with van der Waals surface area (Å²) in [5, 5.41) is 7.81. The fraction of sp³-hybridized carbons (Fsp3) is 0.250. The lowest BCUT2D eigenvalue weighted by Gasteiger charge is -2.32. The van der Waals surface area contributed by atoms with Crippen molar-refractivity contribution in [1.82, 2.24) is 15.5 Å². The van der Waals surface area contributed by atoms with Crippen LogP contribution < -0.4 is 10.6 Å². The van der Waals surface area contributed by atoms with E-state index in [4.69, 9.17) is 0 Å². The molecule has 0 saturated carbocycles. The first-order valence-electron chi connectivity index (χ1n) is 10.1. The maximum atomic E-state index is 12.2. The van der Waals surface area contributed by atoms with Crippen molar-refractivity contribution in [2.45, 2.75) is 25.4 Å². The lowest BCUT2D eigenvalue weighted by Crippen LogP contribution is -2.49. The van der Waals surface area contributed by atoms with Crippen LogP contribution in [0.25, 0.3) is 10.8 Å². The molecule has 0 bridgehead atoms. The molecule has 3 amide bonds. The molecule has 0 aliphatic carbocycles. The van der Waals surface area contributed by atoms with Gasteiger partial charge >= 0.3 is 6.03 Å². The minimum absolute atomic E-state index is 0.0822. The van der Waals surface area contributed by atoms with Crippen LogP contribution in [0.2, 0.25) is 0 Å². The first-order valence-corrected chi connectivity index (χ1v) is 10.9. The van der Waals surface area contributed by atoms with Gasteiger partial charge in [-0.3, -0.25) is 15.0 Å². The number of carbonyl (C=O) groups excluding carboxylic acids is 2. The average Bonchev–Trinajstić information content (AvgIpc) is 2.76. The zero-order valence-corrected chi connectivity index (χ0v) is 18.2. The molecule has 154 valence electrons. The number of urea groups is 1. The molecule has 5 nitrogen and oxygen atoms in total. The number of carbonyl (C=O) groups is 2. The molecule has 0 spiro atoms. The van der Waals surface area contributed by atoms with Crippen molar-refractivity contribution in [1.29, 1.82) is 0 Å². The fourth-order valence-corrected chi connectivity index (χ4v) is 4.22. The van der Waals surface area contributed by atoms with Gasteiger partial charge in [0.15, 0.2) is 0 Å². The van der Waals surface area contributed by atoms with Gasteiger partial charge in [0.1, 0.15) is 0 Å². The Kier molecular flexibility index (Phi) is 6.45. The maximum Gasteiger partial charge on any atom is 0.321 e. The molecule has 1 saturated heterocycles. The van der Waals surface area contributed by atoms with Gasteiger partial charge in [0.2, 0.25) is 0 Å². The normalized spacial score (nSPS) is 15.1. The van der Waals surface area contributed by atoms with E-state index in [-0.39, 0.29) is 11.9 Å². The fourth-order valence-electron chi connectivity index (χ4n) is 3.84. The first kappa shape index (κ1) is 20.6. The number of piperidine rings is 1. The third-order valence-corrected chi connectivity index (χ3v) is 5.95. The lowest BCUT2D eigenvalue weighted by atomic mass is 10.0. The largest absolute Gasteiger partial charge is 0.335 e.